The molecule has 1 unspecified atom stereocenters. The Morgan fingerprint density at radius 1 is 1.48 bits per heavy atom. The number of aliphatic imine (C=N–C) groups is 1. The van der Waals surface area contributed by atoms with Crippen LogP contribution in [-0.2, 0) is 13.6 Å². The van der Waals surface area contributed by atoms with E-state index in [0.717, 1.165) is 31.0 Å². The van der Waals surface area contributed by atoms with Crippen LogP contribution in [0.15, 0.2) is 40.1 Å². The number of halogens is 3. The van der Waals surface area contributed by atoms with Gasteiger partial charge in [0.2, 0.25) is 0 Å². The fraction of sp³-hybridized carbons (Fsp3) is 0.412. The summed E-state index contributed by atoms with van der Waals surface area (Å²) >= 11 is 3.17. The lowest BCUT2D eigenvalue weighted by molar-refractivity contribution is 0.485. The summed E-state index contributed by atoms with van der Waals surface area (Å²) in [6.07, 6.45) is 5.10. The van der Waals surface area contributed by atoms with Crippen LogP contribution in [0.4, 0.5) is 4.39 Å². The molecule has 1 aliphatic rings. The van der Waals surface area contributed by atoms with E-state index in [2.05, 4.69) is 42.4 Å². The molecule has 1 aromatic carbocycles. The second-order valence-corrected chi connectivity index (χ2v) is 6.88. The third-order valence-corrected chi connectivity index (χ3v) is 4.97. The fourth-order valence-corrected chi connectivity index (χ4v) is 3.29. The highest BCUT2D eigenvalue weighted by Crippen LogP contribution is 2.26. The van der Waals surface area contributed by atoms with E-state index in [4.69, 9.17) is 0 Å². The van der Waals surface area contributed by atoms with Crippen LogP contribution in [0.3, 0.4) is 0 Å². The van der Waals surface area contributed by atoms with Gasteiger partial charge in [0.25, 0.3) is 0 Å². The van der Waals surface area contributed by atoms with E-state index >= 15 is 0 Å². The zero-order chi connectivity index (χ0) is 17.1. The van der Waals surface area contributed by atoms with E-state index in [9.17, 15) is 4.39 Å². The predicted molar refractivity (Wildman–Crippen MR) is 112 cm³/mol. The summed E-state index contributed by atoms with van der Waals surface area (Å²) in [4.78, 5) is 6.61. The van der Waals surface area contributed by atoms with Gasteiger partial charge in [-0.15, -0.1) is 24.0 Å². The molecule has 0 radical (unpaired) electrons. The van der Waals surface area contributed by atoms with Gasteiger partial charge >= 0.3 is 0 Å². The van der Waals surface area contributed by atoms with Crippen molar-refractivity contribution in [1.29, 1.82) is 0 Å². The number of nitrogens with zero attached hydrogens (tertiary/aromatic N) is 4. The lowest BCUT2D eigenvalue weighted by atomic mass is 10.0. The van der Waals surface area contributed by atoms with Crippen molar-refractivity contribution >= 4 is 45.9 Å². The minimum atomic E-state index is -0.248. The molecule has 1 aliphatic heterocycles. The van der Waals surface area contributed by atoms with E-state index < -0.39 is 0 Å². The molecular formula is C17H22BrFIN5. The molecule has 0 spiro atoms. The molecule has 1 N–H and O–H groups in total. The van der Waals surface area contributed by atoms with Crippen LogP contribution in [0.25, 0.3) is 0 Å². The third kappa shape index (κ3) is 4.93. The number of aromatic nitrogens is 2. The minimum absolute atomic E-state index is 0. The molecular weight excluding hydrogens is 500 g/mol. The molecule has 2 aromatic rings. The molecule has 8 heteroatoms. The first-order chi connectivity index (χ1) is 11.6. The SMILES string of the molecule is CN=C(NCc1ccc(Br)c(F)c1)N1CCC(c2cnn(C)c2)C1.I. The number of aryl methyl sites for hydroxylation is 1. The van der Waals surface area contributed by atoms with Crippen molar-refractivity contribution in [3.63, 3.8) is 0 Å². The highest BCUT2D eigenvalue weighted by Gasteiger charge is 2.26. The maximum atomic E-state index is 13.6. The van der Waals surface area contributed by atoms with Crippen LogP contribution in [0.5, 0.6) is 0 Å². The van der Waals surface area contributed by atoms with Gasteiger partial charge in [-0.05, 0) is 45.6 Å². The minimum Gasteiger partial charge on any atom is -0.352 e. The van der Waals surface area contributed by atoms with Crippen LogP contribution in [0.1, 0.15) is 23.5 Å². The summed E-state index contributed by atoms with van der Waals surface area (Å²) in [6.45, 7) is 2.42. The summed E-state index contributed by atoms with van der Waals surface area (Å²) in [6, 6.07) is 5.16. The second kappa shape index (κ2) is 8.98. The van der Waals surface area contributed by atoms with Crippen molar-refractivity contribution in [3.8, 4) is 0 Å². The Kier molecular flexibility index (Phi) is 7.24. The Labute approximate surface area is 172 Å². The summed E-state index contributed by atoms with van der Waals surface area (Å²) < 4.78 is 15.9. The molecule has 0 amide bonds. The normalized spacial score (nSPS) is 17.5. The number of benzene rings is 1. The van der Waals surface area contributed by atoms with E-state index in [1.165, 1.54) is 11.6 Å². The molecule has 136 valence electrons. The first kappa shape index (κ1) is 20.2. The lowest BCUT2D eigenvalue weighted by Gasteiger charge is -2.21. The zero-order valence-corrected chi connectivity index (χ0v) is 18.2. The third-order valence-electron chi connectivity index (χ3n) is 4.33. The van der Waals surface area contributed by atoms with Gasteiger partial charge in [-0.3, -0.25) is 9.67 Å². The zero-order valence-electron chi connectivity index (χ0n) is 14.2. The average Bonchev–Trinajstić information content (AvgIpc) is 3.20. The number of hydrogen-bond donors (Lipinski definition) is 1. The first-order valence-corrected chi connectivity index (χ1v) is 8.74. The van der Waals surface area contributed by atoms with Crippen LogP contribution in [0, 0.1) is 5.82 Å². The van der Waals surface area contributed by atoms with Gasteiger partial charge in [-0.2, -0.15) is 5.10 Å². The Morgan fingerprint density at radius 3 is 2.92 bits per heavy atom. The summed E-state index contributed by atoms with van der Waals surface area (Å²) in [5, 5.41) is 7.58. The quantitative estimate of drug-likeness (QED) is 0.382. The van der Waals surface area contributed by atoms with Crippen molar-refractivity contribution in [3.05, 3.63) is 52.0 Å². The van der Waals surface area contributed by atoms with Crippen molar-refractivity contribution in [2.45, 2.75) is 18.9 Å². The number of likely N-dealkylation sites (tertiary alicyclic amines) is 1. The average molecular weight is 522 g/mol. The van der Waals surface area contributed by atoms with E-state index in [1.807, 2.05) is 24.0 Å². The van der Waals surface area contributed by atoms with E-state index in [0.29, 0.717) is 16.9 Å². The number of hydrogen-bond acceptors (Lipinski definition) is 2. The molecule has 1 atom stereocenters. The van der Waals surface area contributed by atoms with Gasteiger partial charge in [0.1, 0.15) is 5.82 Å². The molecule has 1 aromatic heterocycles. The molecule has 5 nitrogen and oxygen atoms in total. The molecule has 25 heavy (non-hydrogen) atoms. The van der Waals surface area contributed by atoms with Crippen LogP contribution >= 0.6 is 39.9 Å². The molecule has 1 saturated heterocycles. The summed E-state index contributed by atoms with van der Waals surface area (Å²) in [7, 11) is 3.72. The monoisotopic (exact) mass is 521 g/mol. The van der Waals surface area contributed by atoms with Crippen LogP contribution < -0.4 is 5.32 Å². The van der Waals surface area contributed by atoms with Crippen molar-refractivity contribution < 1.29 is 4.39 Å². The number of rotatable bonds is 3. The number of guanidine groups is 1. The molecule has 1 fully saturated rings. The Hall–Kier alpha value is -1.16. The Balaban J connectivity index is 0.00000225. The topological polar surface area (TPSA) is 45.5 Å². The standard InChI is InChI=1S/C17H21BrFN5.HI/c1-20-17(21-8-12-3-4-15(18)16(19)7-12)24-6-5-13(11-24)14-9-22-23(2)10-14;/h3-4,7,9-10,13H,5-6,8,11H2,1-2H3,(H,20,21);1H. The molecule has 3 rings (SSSR count). The largest absolute Gasteiger partial charge is 0.352 e. The highest BCUT2D eigenvalue weighted by atomic mass is 127. The first-order valence-electron chi connectivity index (χ1n) is 7.95. The molecule has 0 saturated carbocycles. The molecule has 0 bridgehead atoms. The van der Waals surface area contributed by atoms with Crippen molar-refractivity contribution in [1.82, 2.24) is 20.0 Å². The smallest absolute Gasteiger partial charge is 0.193 e. The molecule has 0 aliphatic carbocycles. The van der Waals surface area contributed by atoms with Gasteiger partial charge < -0.3 is 10.2 Å². The van der Waals surface area contributed by atoms with Gasteiger partial charge in [-0.25, -0.2) is 4.39 Å². The predicted octanol–water partition coefficient (Wildman–Crippen LogP) is 3.50. The van der Waals surface area contributed by atoms with Gasteiger partial charge in [0.15, 0.2) is 5.96 Å². The van der Waals surface area contributed by atoms with Crippen molar-refractivity contribution in [2.75, 3.05) is 20.1 Å². The van der Waals surface area contributed by atoms with Gasteiger partial charge in [0, 0.05) is 45.8 Å². The van der Waals surface area contributed by atoms with E-state index in [-0.39, 0.29) is 29.8 Å². The van der Waals surface area contributed by atoms with Crippen LogP contribution in [-0.4, -0.2) is 40.8 Å². The van der Waals surface area contributed by atoms with Crippen LogP contribution in [0.2, 0.25) is 0 Å². The Bertz CT molecular complexity index is 748. The summed E-state index contributed by atoms with van der Waals surface area (Å²) in [5.41, 5.74) is 2.16. The summed E-state index contributed by atoms with van der Waals surface area (Å²) in [5.74, 6) is 1.08. The lowest BCUT2D eigenvalue weighted by Crippen LogP contribution is -2.39. The fourth-order valence-electron chi connectivity index (χ4n) is 3.04. The second-order valence-electron chi connectivity index (χ2n) is 6.03. The Morgan fingerprint density at radius 2 is 2.28 bits per heavy atom. The maximum absolute atomic E-state index is 13.6. The highest BCUT2D eigenvalue weighted by molar-refractivity contribution is 14.0. The maximum Gasteiger partial charge on any atom is 0.193 e. The van der Waals surface area contributed by atoms with E-state index in [1.54, 1.807) is 13.1 Å². The number of nitrogens with one attached hydrogen (secondary N) is 1. The van der Waals surface area contributed by atoms with Gasteiger partial charge in [0.05, 0.1) is 10.7 Å². The van der Waals surface area contributed by atoms with Crippen molar-refractivity contribution in [2.24, 2.45) is 12.0 Å². The molecule has 2 heterocycles. The van der Waals surface area contributed by atoms with Gasteiger partial charge in [-0.1, -0.05) is 6.07 Å².